The van der Waals surface area contributed by atoms with Gasteiger partial charge in [0.05, 0.1) is 12.0 Å². The van der Waals surface area contributed by atoms with Crippen molar-refractivity contribution in [3.8, 4) is 11.3 Å². The number of nitrogens with zero attached hydrogens (tertiary/aromatic N) is 1. The van der Waals surface area contributed by atoms with E-state index >= 15 is 0 Å². The first kappa shape index (κ1) is 15.7. The number of nitrogens with one attached hydrogen (secondary N) is 3. The molecular weight excluding hydrogens is 312 g/mol. The fourth-order valence-electron chi connectivity index (χ4n) is 3.67. The lowest BCUT2D eigenvalue weighted by atomic mass is 9.82. The van der Waals surface area contributed by atoms with Gasteiger partial charge in [-0.2, -0.15) is 0 Å². The standard InChI is InChI=1S/C20H22N4O/c25-20-18(10-16(11-22-20)19-12-21-13-23-19)24-17-8-6-15(7-9-17)14-4-2-1-3-5-14/h1-5,10-13,15,17,24H,6-9H2,(H,21,23)(H,22,25)/t15-,17-. The molecule has 3 N–H and O–H groups in total. The normalized spacial score (nSPS) is 20.3. The van der Waals surface area contributed by atoms with E-state index in [-0.39, 0.29) is 5.56 Å². The van der Waals surface area contributed by atoms with Crippen LogP contribution in [-0.2, 0) is 0 Å². The summed E-state index contributed by atoms with van der Waals surface area (Å²) in [6.45, 7) is 0. The summed E-state index contributed by atoms with van der Waals surface area (Å²) in [6.07, 6.45) is 9.62. The van der Waals surface area contributed by atoms with Crippen LogP contribution in [0.15, 0.2) is 59.9 Å². The predicted molar refractivity (Wildman–Crippen MR) is 99.7 cm³/mol. The molecule has 2 heterocycles. The molecule has 1 aliphatic rings. The molecule has 0 saturated heterocycles. The Balaban J connectivity index is 1.43. The quantitative estimate of drug-likeness (QED) is 0.677. The number of benzene rings is 1. The van der Waals surface area contributed by atoms with E-state index in [2.05, 4.69) is 50.6 Å². The van der Waals surface area contributed by atoms with Crippen molar-refractivity contribution >= 4 is 5.69 Å². The maximum atomic E-state index is 12.2. The Labute approximate surface area is 146 Å². The highest BCUT2D eigenvalue weighted by Gasteiger charge is 2.22. The molecule has 0 aliphatic heterocycles. The lowest BCUT2D eigenvalue weighted by Crippen LogP contribution is -2.28. The Morgan fingerprint density at radius 1 is 1.04 bits per heavy atom. The van der Waals surface area contributed by atoms with Crippen LogP contribution < -0.4 is 10.9 Å². The van der Waals surface area contributed by atoms with E-state index < -0.39 is 0 Å². The van der Waals surface area contributed by atoms with Gasteiger partial charge < -0.3 is 15.3 Å². The zero-order valence-corrected chi connectivity index (χ0v) is 14.0. The van der Waals surface area contributed by atoms with E-state index in [0.717, 1.165) is 36.9 Å². The van der Waals surface area contributed by atoms with Gasteiger partial charge in [-0.3, -0.25) is 4.79 Å². The Bertz CT molecular complexity index is 862. The van der Waals surface area contributed by atoms with Crippen molar-refractivity contribution in [3.63, 3.8) is 0 Å². The fraction of sp³-hybridized carbons (Fsp3) is 0.300. The fourth-order valence-corrected chi connectivity index (χ4v) is 3.67. The van der Waals surface area contributed by atoms with Crippen molar-refractivity contribution < 1.29 is 0 Å². The molecule has 4 rings (SSSR count). The van der Waals surface area contributed by atoms with E-state index in [1.165, 1.54) is 5.56 Å². The first-order valence-electron chi connectivity index (χ1n) is 8.83. The molecule has 128 valence electrons. The van der Waals surface area contributed by atoms with Crippen LogP contribution in [0.4, 0.5) is 5.69 Å². The molecule has 5 heteroatoms. The third-order valence-corrected chi connectivity index (χ3v) is 5.06. The molecule has 0 spiro atoms. The SMILES string of the molecule is O=c1[nH]cc(-c2c[nH]cn2)cc1N[C@H]1CC[C@H](c2ccccc2)CC1. The largest absolute Gasteiger partial charge is 0.378 e. The Morgan fingerprint density at radius 3 is 2.56 bits per heavy atom. The zero-order valence-electron chi connectivity index (χ0n) is 14.0. The number of anilines is 1. The molecule has 0 radical (unpaired) electrons. The van der Waals surface area contributed by atoms with E-state index in [4.69, 9.17) is 0 Å². The third-order valence-electron chi connectivity index (χ3n) is 5.06. The van der Waals surface area contributed by atoms with E-state index in [9.17, 15) is 4.79 Å². The summed E-state index contributed by atoms with van der Waals surface area (Å²) < 4.78 is 0. The highest BCUT2D eigenvalue weighted by atomic mass is 16.1. The Morgan fingerprint density at radius 2 is 1.84 bits per heavy atom. The van der Waals surface area contributed by atoms with E-state index in [1.807, 2.05) is 12.3 Å². The van der Waals surface area contributed by atoms with Gasteiger partial charge in [-0.1, -0.05) is 30.3 Å². The molecule has 1 fully saturated rings. The number of pyridine rings is 1. The molecule has 0 bridgehead atoms. The van der Waals surface area contributed by atoms with Crippen molar-refractivity contribution in [1.29, 1.82) is 0 Å². The second kappa shape index (κ2) is 6.97. The minimum atomic E-state index is -0.0792. The lowest BCUT2D eigenvalue weighted by Gasteiger charge is -2.29. The van der Waals surface area contributed by atoms with Gasteiger partial charge in [-0.25, -0.2) is 4.98 Å². The summed E-state index contributed by atoms with van der Waals surface area (Å²) in [6, 6.07) is 13.0. The van der Waals surface area contributed by atoms with Crippen LogP contribution in [-0.4, -0.2) is 21.0 Å². The van der Waals surface area contributed by atoms with Gasteiger partial charge in [0.2, 0.25) is 0 Å². The van der Waals surface area contributed by atoms with Crippen molar-refractivity contribution in [3.05, 3.63) is 71.0 Å². The van der Waals surface area contributed by atoms with Gasteiger partial charge in [-0.05, 0) is 43.2 Å². The summed E-state index contributed by atoms with van der Waals surface area (Å²) in [7, 11) is 0. The van der Waals surface area contributed by atoms with Crippen LogP contribution in [0.5, 0.6) is 0 Å². The third kappa shape index (κ3) is 3.50. The first-order valence-corrected chi connectivity index (χ1v) is 8.83. The average Bonchev–Trinajstić information content (AvgIpc) is 3.20. The van der Waals surface area contributed by atoms with Gasteiger partial charge >= 0.3 is 0 Å². The van der Waals surface area contributed by atoms with Gasteiger partial charge in [0, 0.05) is 24.0 Å². The highest BCUT2D eigenvalue weighted by molar-refractivity contribution is 5.62. The van der Waals surface area contributed by atoms with Crippen LogP contribution in [0, 0.1) is 0 Å². The molecule has 25 heavy (non-hydrogen) atoms. The van der Waals surface area contributed by atoms with Gasteiger partial charge in [-0.15, -0.1) is 0 Å². The lowest BCUT2D eigenvalue weighted by molar-refractivity contribution is 0.412. The first-order chi connectivity index (χ1) is 12.3. The molecule has 1 saturated carbocycles. The number of imidazole rings is 1. The molecule has 0 unspecified atom stereocenters. The number of rotatable bonds is 4. The van der Waals surface area contributed by atoms with Gasteiger partial charge in [0.25, 0.3) is 5.56 Å². The molecule has 1 aromatic carbocycles. The van der Waals surface area contributed by atoms with Crippen LogP contribution in [0.2, 0.25) is 0 Å². The smallest absolute Gasteiger partial charge is 0.271 e. The second-order valence-electron chi connectivity index (χ2n) is 6.69. The van der Waals surface area contributed by atoms with Crippen LogP contribution in [0.3, 0.4) is 0 Å². The number of hydrogen-bond donors (Lipinski definition) is 3. The maximum absolute atomic E-state index is 12.2. The monoisotopic (exact) mass is 334 g/mol. The molecule has 5 nitrogen and oxygen atoms in total. The summed E-state index contributed by atoms with van der Waals surface area (Å²) in [5.41, 5.74) is 3.71. The maximum Gasteiger partial charge on any atom is 0.271 e. The van der Waals surface area contributed by atoms with Crippen molar-refractivity contribution in [2.45, 2.75) is 37.6 Å². The second-order valence-corrected chi connectivity index (χ2v) is 6.69. The molecule has 1 aliphatic carbocycles. The average molecular weight is 334 g/mol. The molecule has 3 aromatic rings. The topological polar surface area (TPSA) is 73.6 Å². The van der Waals surface area contributed by atoms with Crippen molar-refractivity contribution in [2.75, 3.05) is 5.32 Å². The Hall–Kier alpha value is -2.82. The minimum Gasteiger partial charge on any atom is -0.378 e. The van der Waals surface area contributed by atoms with Crippen LogP contribution in [0.25, 0.3) is 11.3 Å². The van der Waals surface area contributed by atoms with Crippen LogP contribution in [0.1, 0.15) is 37.2 Å². The Kier molecular flexibility index (Phi) is 4.37. The predicted octanol–water partition coefficient (Wildman–Crippen LogP) is 3.90. The van der Waals surface area contributed by atoms with Crippen molar-refractivity contribution in [2.24, 2.45) is 0 Å². The number of hydrogen-bond acceptors (Lipinski definition) is 3. The van der Waals surface area contributed by atoms with E-state index in [0.29, 0.717) is 17.6 Å². The number of aromatic nitrogens is 3. The molecule has 2 aromatic heterocycles. The van der Waals surface area contributed by atoms with Crippen molar-refractivity contribution in [1.82, 2.24) is 15.0 Å². The summed E-state index contributed by atoms with van der Waals surface area (Å²) in [5.74, 6) is 0.632. The number of aromatic amines is 2. The van der Waals surface area contributed by atoms with Crippen LogP contribution >= 0.6 is 0 Å². The highest BCUT2D eigenvalue weighted by Crippen LogP contribution is 2.33. The molecule has 0 atom stereocenters. The van der Waals surface area contributed by atoms with Gasteiger partial charge in [0.1, 0.15) is 5.69 Å². The van der Waals surface area contributed by atoms with E-state index in [1.54, 1.807) is 12.5 Å². The summed E-state index contributed by atoms with van der Waals surface area (Å²) in [4.78, 5) is 22.1. The van der Waals surface area contributed by atoms with Gasteiger partial charge in [0.15, 0.2) is 0 Å². The number of H-pyrrole nitrogens is 2. The zero-order chi connectivity index (χ0) is 17.1. The summed E-state index contributed by atoms with van der Waals surface area (Å²) >= 11 is 0. The minimum absolute atomic E-state index is 0.0792. The summed E-state index contributed by atoms with van der Waals surface area (Å²) in [5, 5.41) is 3.44. The molecule has 0 amide bonds. The molecular formula is C20H22N4O.